The van der Waals surface area contributed by atoms with Crippen LogP contribution >= 0.6 is 0 Å². The monoisotopic (exact) mass is 256 g/mol. The fraction of sp³-hybridized carbons (Fsp3) is 0.286. The van der Waals surface area contributed by atoms with Crippen LogP contribution in [0.5, 0.6) is 0 Å². The molecule has 5 heteroatoms. The van der Waals surface area contributed by atoms with E-state index < -0.39 is 0 Å². The molecule has 0 spiro atoms. The molecule has 0 aliphatic carbocycles. The zero-order chi connectivity index (χ0) is 13.4. The van der Waals surface area contributed by atoms with Gasteiger partial charge >= 0.3 is 0 Å². The van der Waals surface area contributed by atoms with Crippen molar-refractivity contribution in [1.29, 1.82) is 0 Å². The summed E-state index contributed by atoms with van der Waals surface area (Å²) in [6, 6.07) is 5.88. The summed E-state index contributed by atoms with van der Waals surface area (Å²) in [6.07, 6.45) is 2.40. The molecule has 1 aromatic heterocycles. The van der Waals surface area contributed by atoms with Crippen molar-refractivity contribution in [2.75, 3.05) is 12.3 Å². The van der Waals surface area contributed by atoms with Crippen molar-refractivity contribution in [3.05, 3.63) is 46.8 Å². The average molecular weight is 256 g/mol. The number of hydrogen-bond donors (Lipinski definition) is 2. The van der Waals surface area contributed by atoms with Gasteiger partial charge in [-0.3, -0.25) is 9.89 Å². The van der Waals surface area contributed by atoms with Crippen molar-refractivity contribution in [2.45, 2.75) is 19.9 Å². The normalized spacial score (nSPS) is 14.3. The first-order valence-electron chi connectivity index (χ1n) is 6.32. The number of aromatic nitrogens is 2. The summed E-state index contributed by atoms with van der Waals surface area (Å²) in [6.45, 7) is 3.17. The number of amides is 1. The van der Waals surface area contributed by atoms with Crippen LogP contribution in [0.25, 0.3) is 0 Å². The minimum Gasteiger partial charge on any atom is -0.398 e. The van der Waals surface area contributed by atoms with Crippen molar-refractivity contribution in [1.82, 2.24) is 15.1 Å². The van der Waals surface area contributed by atoms with E-state index >= 15 is 0 Å². The molecule has 1 aliphatic rings. The lowest BCUT2D eigenvalue weighted by molar-refractivity contribution is 0.0734. The summed E-state index contributed by atoms with van der Waals surface area (Å²) in [4.78, 5) is 14.3. The Bertz CT molecular complexity index is 632. The van der Waals surface area contributed by atoms with Crippen LogP contribution < -0.4 is 5.73 Å². The van der Waals surface area contributed by atoms with E-state index in [1.165, 1.54) is 5.56 Å². The first-order chi connectivity index (χ1) is 9.16. The number of nitrogens with one attached hydrogen (secondary N) is 1. The molecule has 0 saturated carbocycles. The Morgan fingerprint density at radius 2 is 2.32 bits per heavy atom. The van der Waals surface area contributed by atoms with Gasteiger partial charge in [-0.25, -0.2) is 0 Å². The predicted octanol–water partition coefficient (Wildman–Crippen LogP) is 1.50. The second-order valence-electron chi connectivity index (χ2n) is 4.87. The summed E-state index contributed by atoms with van der Waals surface area (Å²) < 4.78 is 0. The van der Waals surface area contributed by atoms with Crippen LogP contribution in [0.2, 0.25) is 0 Å². The highest BCUT2D eigenvalue weighted by Gasteiger charge is 2.24. The molecule has 2 aromatic rings. The van der Waals surface area contributed by atoms with Crippen LogP contribution in [0.15, 0.2) is 24.4 Å². The van der Waals surface area contributed by atoms with Gasteiger partial charge < -0.3 is 10.6 Å². The van der Waals surface area contributed by atoms with Crippen LogP contribution in [0.1, 0.15) is 27.2 Å². The highest BCUT2D eigenvalue weighted by molar-refractivity contribution is 5.95. The van der Waals surface area contributed by atoms with E-state index in [0.29, 0.717) is 18.7 Å². The van der Waals surface area contributed by atoms with E-state index in [4.69, 9.17) is 5.73 Å². The van der Waals surface area contributed by atoms with Crippen molar-refractivity contribution in [3.8, 4) is 0 Å². The molecule has 1 aliphatic heterocycles. The summed E-state index contributed by atoms with van der Waals surface area (Å²) in [5.74, 6) is 0.0272. The Morgan fingerprint density at radius 3 is 3.05 bits per heavy atom. The number of anilines is 1. The molecule has 2 heterocycles. The van der Waals surface area contributed by atoms with Crippen LogP contribution in [0.3, 0.4) is 0 Å². The number of aryl methyl sites for hydroxylation is 1. The number of H-pyrrole nitrogens is 1. The number of nitrogens with zero attached hydrogens (tertiary/aromatic N) is 2. The van der Waals surface area contributed by atoms with Crippen LogP contribution in [-0.4, -0.2) is 27.5 Å². The molecule has 1 amide bonds. The predicted molar refractivity (Wildman–Crippen MR) is 72.6 cm³/mol. The lowest BCUT2D eigenvalue weighted by Gasteiger charge is -2.29. The third-order valence-electron chi connectivity index (χ3n) is 3.65. The van der Waals surface area contributed by atoms with Gasteiger partial charge in [-0.1, -0.05) is 12.1 Å². The van der Waals surface area contributed by atoms with Gasteiger partial charge in [0.05, 0.1) is 11.8 Å². The van der Waals surface area contributed by atoms with Gasteiger partial charge in [0.2, 0.25) is 0 Å². The minimum absolute atomic E-state index is 0.0272. The summed E-state index contributed by atoms with van der Waals surface area (Å²) in [5, 5.41) is 6.70. The fourth-order valence-corrected chi connectivity index (χ4v) is 2.55. The van der Waals surface area contributed by atoms with E-state index in [1.54, 1.807) is 6.20 Å². The number of fused-ring (bicyclic) bond motifs is 1. The van der Waals surface area contributed by atoms with Gasteiger partial charge in [-0.2, -0.15) is 5.10 Å². The van der Waals surface area contributed by atoms with E-state index in [0.717, 1.165) is 23.4 Å². The van der Waals surface area contributed by atoms with Crippen LogP contribution in [0, 0.1) is 6.92 Å². The fourth-order valence-electron chi connectivity index (χ4n) is 2.55. The van der Waals surface area contributed by atoms with Crippen molar-refractivity contribution in [3.63, 3.8) is 0 Å². The lowest BCUT2D eigenvalue weighted by Crippen LogP contribution is -2.36. The maximum absolute atomic E-state index is 12.4. The van der Waals surface area contributed by atoms with Gasteiger partial charge in [0.25, 0.3) is 5.91 Å². The SMILES string of the molecule is Cc1[nH]ncc1C(=O)N1CCc2c(N)cccc2C1. The van der Waals surface area contributed by atoms with Gasteiger partial charge in [0.1, 0.15) is 0 Å². The zero-order valence-electron chi connectivity index (χ0n) is 10.8. The lowest BCUT2D eigenvalue weighted by atomic mass is 9.97. The number of aromatic amines is 1. The molecule has 0 radical (unpaired) electrons. The summed E-state index contributed by atoms with van der Waals surface area (Å²) in [7, 11) is 0. The van der Waals surface area contributed by atoms with Gasteiger partial charge in [0.15, 0.2) is 0 Å². The molecule has 3 rings (SSSR count). The Hall–Kier alpha value is -2.30. The Balaban J connectivity index is 1.87. The van der Waals surface area contributed by atoms with E-state index in [-0.39, 0.29) is 5.91 Å². The van der Waals surface area contributed by atoms with Crippen LogP contribution in [0.4, 0.5) is 5.69 Å². The van der Waals surface area contributed by atoms with Crippen molar-refractivity contribution >= 4 is 11.6 Å². The molecule has 19 heavy (non-hydrogen) atoms. The van der Waals surface area contributed by atoms with Gasteiger partial charge in [-0.15, -0.1) is 0 Å². The third-order valence-corrected chi connectivity index (χ3v) is 3.65. The first kappa shape index (κ1) is 11.8. The number of nitrogen functional groups attached to an aromatic ring is 1. The molecule has 0 fully saturated rings. The molecule has 98 valence electrons. The first-order valence-corrected chi connectivity index (χ1v) is 6.32. The topological polar surface area (TPSA) is 75.0 Å². The maximum Gasteiger partial charge on any atom is 0.257 e. The zero-order valence-corrected chi connectivity index (χ0v) is 10.8. The van der Waals surface area contributed by atoms with Gasteiger partial charge in [0, 0.05) is 24.5 Å². The second-order valence-corrected chi connectivity index (χ2v) is 4.87. The molecular weight excluding hydrogens is 240 g/mol. The number of nitrogens with two attached hydrogens (primary N) is 1. The Kier molecular flexibility index (Phi) is 2.74. The molecule has 1 aromatic carbocycles. The van der Waals surface area contributed by atoms with E-state index in [9.17, 15) is 4.79 Å². The summed E-state index contributed by atoms with van der Waals surface area (Å²) >= 11 is 0. The average Bonchev–Trinajstić information content (AvgIpc) is 2.84. The maximum atomic E-state index is 12.4. The highest BCUT2D eigenvalue weighted by atomic mass is 16.2. The van der Waals surface area contributed by atoms with E-state index in [2.05, 4.69) is 10.2 Å². The number of carbonyl (C=O) groups is 1. The van der Waals surface area contributed by atoms with Crippen molar-refractivity contribution in [2.24, 2.45) is 0 Å². The smallest absolute Gasteiger partial charge is 0.257 e. The molecule has 0 unspecified atom stereocenters. The number of carbonyl (C=O) groups excluding carboxylic acids is 1. The number of benzene rings is 1. The van der Waals surface area contributed by atoms with E-state index in [1.807, 2.05) is 30.0 Å². The molecule has 5 nitrogen and oxygen atoms in total. The number of rotatable bonds is 1. The highest BCUT2D eigenvalue weighted by Crippen LogP contribution is 2.25. The Morgan fingerprint density at radius 1 is 1.47 bits per heavy atom. The van der Waals surface area contributed by atoms with Gasteiger partial charge in [-0.05, 0) is 30.5 Å². The Labute approximate surface area is 111 Å². The standard InChI is InChI=1S/C14H16N4O/c1-9-12(7-16-17-9)14(19)18-6-5-11-10(8-18)3-2-4-13(11)15/h2-4,7H,5-6,8,15H2,1H3,(H,16,17). The summed E-state index contributed by atoms with van der Waals surface area (Å²) in [5.41, 5.74) is 10.6. The molecule has 3 N–H and O–H groups in total. The molecule has 0 bridgehead atoms. The van der Waals surface area contributed by atoms with Crippen molar-refractivity contribution < 1.29 is 4.79 Å². The molecule has 0 atom stereocenters. The second kappa shape index (κ2) is 4.42. The number of hydrogen-bond acceptors (Lipinski definition) is 3. The van der Waals surface area contributed by atoms with Crippen LogP contribution in [-0.2, 0) is 13.0 Å². The minimum atomic E-state index is 0.0272. The quantitative estimate of drug-likeness (QED) is 0.759. The molecular formula is C14H16N4O. The third kappa shape index (κ3) is 1.97. The molecule has 0 saturated heterocycles. The largest absolute Gasteiger partial charge is 0.398 e.